The van der Waals surface area contributed by atoms with Gasteiger partial charge in [-0.2, -0.15) is 0 Å². The summed E-state index contributed by atoms with van der Waals surface area (Å²) in [5, 5.41) is 11.9. The number of aliphatic hydroxyl groups is 1. The van der Waals surface area contributed by atoms with Gasteiger partial charge in [0, 0.05) is 26.2 Å². The number of ether oxygens (including phenoxy) is 1. The second-order valence-corrected chi connectivity index (χ2v) is 8.16. The highest BCUT2D eigenvalue weighted by Gasteiger charge is 2.50. The van der Waals surface area contributed by atoms with Crippen LogP contribution in [0.4, 0.5) is 25.4 Å². The van der Waals surface area contributed by atoms with Gasteiger partial charge in [-0.25, -0.2) is 9.18 Å². The van der Waals surface area contributed by atoms with Crippen molar-refractivity contribution in [2.45, 2.75) is 24.5 Å². The zero-order valence-corrected chi connectivity index (χ0v) is 17.1. The number of cyclic esters (lactones) is 1. The normalized spacial score (nSPS) is 22.7. The van der Waals surface area contributed by atoms with Crippen molar-refractivity contribution >= 4 is 41.2 Å². The molecule has 1 aromatic rings. The Morgan fingerprint density at radius 3 is 2.57 bits per heavy atom. The highest BCUT2D eigenvalue weighted by atomic mass is 32.1. The van der Waals surface area contributed by atoms with E-state index in [0.717, 1.165) is 0 Å². The number of benzene rings is 1. The van der Waals surface area contributed by atoms with Gasteiger partial charge in [0.2, 0.25) is 0 Å². The fraction of sp³-hybridized carbons (Fsp3) is 0.526. The molecule has 3 aliphatic rings. The van der Waals surface area contributed by atoms with Gasteiger partial charge in [-0.1, -0.05) is 12.6 Å². The molecule has 0 bridgehead atoms. The third-order valence-electron chi connectivity index (χ3n) is 5.63. The lowest BCUT2D eigenvalue weighted by molar-refractivity contribution is -0.142. The summed E-state index contributed by atoms with van der Waals surface area (Å²) in [6.45, 7) is 2.06. The Bertz CT molecular complexity index is 872. The third kappa shape index (κ3) is 4.17. The second kappa shape index (κ2) is 7.95. The first kappa shape index (κ1) is 20.7. The summed E-state index contributed by atoms with van der Waals surface area (Å²) in [5.74, 6) is -0.720. The van der Waals surface area contributed by atoms with E-state index in [4.69, 9.17) is 4.74 Å². The first-order valence-electron chi connectivity index (χ1n) is 9.78. The molecule has 1 atom stereocenters. The Balaban J connectivity index is 1.37. The molecule has 3 amide bonds. The number of hydrogen-bond donors (Lipinski definition) is 3. The maximum atomic E-state index is 14.8. The molecule has 0 aromatic heterocycles. The molecule has 1 aromatic carbocycles. The molecular formula is C19H23FN4O5S. The number of thiol groups is 1. The van der Waals surface area contributed by atoms with Crippen molar-refractivity contribution in [2.75, 3.05) is 49.1 Å². The lowest BCUT2D eigenvalue weighted by Gasteiger charge is -2.37. The summed E-state index contributed by atoms with van der Waals surface area (Å²) in [6.07, 6.45) is -0.139. The smallest absolute Gasteiger partial charge is 0.414 e. The van der Waals surface area contributed by atoms with Crippen molar-refractivity contribution in [3.05, 3.63) is 24.0 Å². The molecule has 3 fully saturated rings. The van der Waals surface area contributed by atoms with Crippen molar-refractivity contribution < 1.29 is 28.6 Å². The fourth-order valence-electron chi connectivity index (χ4n) is 3.74. The van der Waals surface area contributed by atoms with E-state index < -0.39 is 28.9 Å². The monoisotopic (exact) mass is 438 g/mol. The Labute approximate surface area is 178 Å². The van der Waals surface area contributed by atoms with E-state index in [9.17, 15) is 23.9 Å². The van der Waals surface area contributed by atoms with Crippen molar-refractivity contribution in [2.24, 2.45) is 0 Å². The van der Waals surface area contributed by atoms with Gasteiger partial charge >= 0.3 is 6.09 Å². The standard InChI is InChI=1S/C19H23FN4O5S/c20-14-9-12(24-11-13(29-18(24)27)10-21-17(26)30)1-2-15(14)22-5-7-23(8-6-22)16(25)19(28)3-4-19/h1-2,9,13,28H,3-8,10-11H2,(H2,21,26,30). The van der Waals surface area contributed by atoms with Crippen molar-refractivity contribution in [3.8, 4) is 0 Å². The number of amides is 3. The van der Waals surface area contributed by atoms with Gasteiger partial charge < -0.3 is 25.0 Å². The van der Waals surface area contributed by atoms with E-state index in [1.54, 1.807) is 17.0 Å². The Morgan fingerprint density at radius 2 is 1.97 bits per heavy atom. The lowest BCUT2D eigenvalue weighted by Crippen LogP contribution is -2.52. The van der Waals surface area contributed by atoms with Gasteiger partial charge in [-0.15, -0.1) is 0 Å². The minimum absolute atomic E-state index is 0.128. The molecule has 162 valence electrons. The van der Waals surface area contributed by atoms with Crippen LogP contribution in [0, 0.1) is 5.82 Å². The zero-order chi connectivity index (χ0) is 21.5. The van der Waals surface area contributed by atoms with Gasteiger partial charge in [0.25, 0.3) is 11.1 Å². The molecule has 4 rings (SSSR count). The predicted octanol–water partition coefficient (Wildman–Crippen LogP) is 0.964. The van der Waals surface area contributed by atoms with Gasteiger partial charge in [0.1, 0.15) is 17.5 Å². The van der Waals surface area contributed by atoms with Crippen LogP contribution in [0.5, 0.6) is 0 Å². The maximum absolute atomic E-state index is 14.8. The molecule has 2 heterocycles. The summed E-state index contributed by atoms with van der Waals surface area (Å²) >= 11 is 3.60. The van der Waals surface area contributed by atoms with Crippen LogP contribution < -0.4 is 15.1 Å². The molecule has 2 aliphatic heterocycles. The van der Waals surface area contributed by atoms with Crippen LogP contribution in [-0.4, -0.2) is 78.2 Å². The molecule has 9 nitrogen and oxygen atoms in total. The van der Waals surface area contributed by atoms with Gasteiger partial charge in [0.15, 0.2) is 0 Å². The number of rotatable bonds is 5. The molecular weight excluding hydrogens is 415 g/mol. The number of carbonyl (C=O) groups excluding carboxylic acids is 3. The average molecular weight is 438 g/mol. The topological polar surface area (TPSA) is 102 Å². The maximum Gasteiger partial charge on any atom is 0.414 e. The first-order chi connectivity index (χ1) is 14.3. The van der Waals surface area contributed by atoms with Crippen LogP contribution in [0.25, 0.3) is 0 Å². The van der Waals surface area contributed by atoms with E-state index in [0.29, 0.717) is 50.4 Å². The molecule has 0 spiro atoms. The summed E-state index contributed by atoms with van der Waals surface area (Å²) in [6, 6.07) is 4.52. The van der Waals surface area contributed by atoms with Crippen LogP contribution in [0.3, 0.4) is 0 Å². The van der Waals surface area contributed by atoms with E-state index in [-0.39, 0.29) is 19.0 Å². The number of hydrogen-bond acceptors (Lipinski definition) is 6. The van der Waals surface area contributed by atoms with Crippen molar-refractivity contribution in [3.63, 3.8) is 0 Å². The average Bonchev–Trinajstić information content (AvgIpc) is 3.36. The number of carbonyl (C=O) groups is 3. The van der Waals surface area contributed by atoms with Crippen molar-refractivity contribution in [1.29, 1.82) is 0 Å². The lowest BCUT2D eigenvalue weighted by atomic mass is 10.2. The molecule has 1 saturated carbocycles. The van der Waals surface area contributed by atoms with Gasteiger partial charge in [-0.3, -0.25) is 14.5 Å². The third-order valence-corrected chi connectivity index (χ3v) is 5.79. The molecule has 11 heteroatoms. The van der Waals surface area contributed by atoms with Gasteiger partial charge in [-0.05, 0) is 31.0 Å². The molecule has 1 unspecified atom stereocenters. The largest absolute Gasteiger partial charge is 0.442 e. The first-order valence-corrected chi connectivity index (χ1v) is 10.2. The number of halogens is 1. The molecule has 0 radical (unpaired) electrons. The predicted molar refractivity (Wildman–Crippen MR) is 109 cm³/mol. The summed E-state index contributed by atoms with van der Waals surface area (Å²) in [4.78, 5) is 40.0. The van der Waals surface area contributed by atoms with E-state index >= 15 is 0 Å². The van der Waals surface area contributed by atoms with Crippen LogP contribution in [0.2, 0.25) is 0 Å². The molecule has 2 saturated heterocycles. The Hall–Kier alpha value is -2.53. The summed E-state index contributed by atoms with van der Waals surface area (Å²) in [7, 11) is 0. The van der Waals surface area contributed by atoms with E-state index in [1.165, 1.54) is 11.0 Å². The van der Waals surface area contributed by atoms with Crippen LogP contribution in [-0.2, 0) is 9.53 Å². The highest BCUT2D eigenvalue weighted by Crippen LogP contribution is 2.37. The number of piperazine rings is 1. The summed E-state index contributed by atoms with van der Waals surface area (Å²) < 4.78 is 20.0. The Morgan fingerprint density at radius 1 is 1.27 bits per heavy atom. The van der Waals surface area contributed by atoms with E-state index in [2.05, 4.69) is 17.9 Å². The fourth-order valence-corrected chi connectivity index (χ4v) is 3.83. The minimum Gasteiger partial charge on any atom is -0.442 e. The van der Waals surface area contributed by atoms with Crippen molar-refractivity contribution in [1.82, 2.24) is 10.2 Å². The number of nitrogens with zero attached hydrogens (tertiary/aromatic N) is 3. The molecule has 30 heavy (non-hydrogen) atoms. The quantitative estimate of drug-likeness (QED) is 0.592. The molecule has 2 N–H and O–H groups in total. The number of anilines is 2. The number of nitrogens with one attached hydrogen (secondary N) is 1. The van der Waals surface area contributed by atoms with Crippen LogP contribution >= 0.6 is 12.6 Å². The molecule has 1 aliphatic carbocycles. The summed E-state index contributed by atoms with van der Waals surface area (Å²) in [5.41, 5.74) is -0.430. The zero-order valence-electron chi connectivity index (χ0n) is 16.2. The SMILES string of the molecule is O=C(S)NCC1CN(c2ccc(N3CCN(C(=O)C4(O)CC4)CC3)c(F)c2)C(=O)O1. The Kier molecular flexibility index (Phi) is 5.49. The van der Waals surface area contributed by atoms with Crippen LogP contribution in [0.1, 0.15) is 12.8 Å². The minimum atomic E-state index is -1.19. The van der Waals surface area contributed by atoms with Gasteiger partial charge in [0.05, 0.1) is 24.5 Å². The highest BCUT2D eigenvalue weighted by molar-refractivity contribution is 7.96. The van der Waals surface area contributed by atoms with Crippen LogP contribution in [0.15, 0.2) is 18.2 Å². The van der Waals surface area contributed by atoms with E-state index in [1.807, 2.05) is 4.90 Å². The second-order valence-electron chi connectivity index (χ2n) is 7.75.